The van der Waals surface area contributed by atoms with Crippen LogP contribution in [0.2, 0.25) is 10.0 Å². The number of sulfonamides is 1. The van der Waals surface area contributed by atoms with Gasteiger partial charge in [-0.2, -0.15) is 5.26 Å². The second-order valence-corrected chi connectivity index (χ2v) is 12.5. The maximum Gasteiger partial charge on any atom is 0.214 e. The maximum absolute atomic E-state index is 12.4. The summed E-state index contributed by atoms with van der Waals surface area (Å²) < 4.78 is 29.9. The van der Waals surface area contributed by atoms with Crippen molar-refractivity contribution in [3.8, 4) is 11.9 Å². The molecule has 0 aromatic heterocycles. The highest BCUT2D eigenvalue weighted by Crippen LogP contribution is 2.59. The Morgan fingerprint density at radius 3 is 2.42 bits per heavy atom. The second kappa shape index (κ2) is 7.51. The number of hydrogen-bond acceptors (Lipinski definition) is 5. The van der Waals surface area contributed by atoms with Gasteiger partial charge in [-0.1, -0.05) is 23.2 Å². The van der Waals surface area contributed by atoms with Gasteiger partial charge in [0.15, 0.2) is 17.6 Å². The van der Waals surface area contributed by atoms with Crippen molar-refractivity contribution in [3.63, 3.8) is 0 Å². The minimum absolute atomic E-state index is 0.000468. The van der Waals surface area contributed by atoms with Crippen molar-refractivity contribution in [1.82, 2.24) is 4.90 Å². The Kier molecular flexibility index (Phi) is 5.49. The molecular weight excluding hydrogens is 459 g/mol. The van der Waals surface area contributed by atoms with E-state index in [4.69, 9.17) is 38.5 Å². The van der Waals surface area contributed by atoms with Crippen molar-refractivity contribution in [2.75, 3.05) is 0 Å². The largest absolute Gasteiger partial charge is 0.478 e. The number of nitrogens with zero attached hydrogens (tertiary/aromatic N) is 2. The summed E-state index contributed by atoms with van der Waals surface area (Å²) in [5, 5.41) is 25.3. The molecule has 2 unspecified atom stereocenters. The number of halogens is 2. The van der Waals surface area contributed by atoms with Crippen molar-refractivity contribution < 1.29 is 13.2 Å². The summed E-state index contributed by atoms with van der Waals surface area (Å²) in [5.74, 6) is 0.693. The Morgan fingerprint density at radius 2 is 1.90 bits per heavy atom. The quantitative estimate of drug-likeness (QED) is 0.281. The molecule has 5 rings (SSSR count). The maximum atomic E-state index is 12.4. The predicted octanol–water partition coefficient (Wildman–Crippen LogP) is 4.15. The van der Waals surface area contributed by atoms with Crippen LogP contribution in [0.15, 0.2) is 18.2 Å². The fraction of sp³-hybridized carbons (Fsp3) is 0.619. The lowest BCUT2D eigenvalue weighted by atomic mass is 9.53. The Balaban J connectivity index is 1.59. The van der Waals surface area contributed by atoms with Gasteiger partial charge in [0.05, 0.1) is 15.8 Å². The van der Waals surface area contributed by atoms with Gasteiger partial charge in [0.1, 0.15) is 5.75 Å². The van der Waals surface area contributed by atoms with E-state index >= 15 is 0 Å². The van der Waals surface area contributed by atoms with Crippen molar-refractivity contribution >= 4 is 39.1 Å². The average Bonchev–Trinajstić information content (AvgIpc) is 2.65. The zero-order valence-corrected chi connectivity index (χ0v) is 19.8. The summed E-state index contributed by atoms with van der Waals surface area (Å²) >= 11 is 12.2. The number of rotatable bonds is 5. The van der Waals surface area contributed by atoms with Crippen LogP contribution in [-0.4, -0.2) is 35.5 Å². The van der Waals surface area contributed by atoms with E-state index in [2.05, 4.69) is 6.19 Å². The summed E-state index contributed by atoms with van der Waals surface area (Å²) in [5.41, 5.74) is -1.14. The van der Waals surface area contributed by atoms with E-state index < -0.39 is 20.4 Å². The lowest BCUT2D eigenvalue weighted by Gasteiger charge is -2.60. The molecule has 4 bridgehead atoms. The first-order chi connectivity index (χ1) is 14.4. The summed E-state index contributed by atoms with van der Waals surface area (Å²) in [6.45, 7) is 3.43. The van der Waals surface area contributed by atoms with Crippen molar-refractivity contribution in [2.24, 2.45) is 22.9 Å². The van der Waals surface area contributed by atoms with Crippen LogP contribution in [0, 0.1) is 34.6 Å². The van der Waals surface area contributed by atoms with Gasteiger partial charge >= 0.3 is 0 Å². The lowest BCUT2D eigenvalue weighted by Crippen LogP contribution is -2.66. The highest BCUT2D eigenvalue weighted by Gasteiger charge is 2.61. The highest BCUT2D eigenvalue weighted by molar-refractivity contribution is 7.90. The molecule has 0 aliphatic heterocycles. The third kappa shape index (κ3) is 3.80. The van der Waals surface area contributed by atoms with E-state index in [-0.39, 0.29) is 23.7 Å². The first-order valence-corrected chi connectivity index (χ1v) is 12.6. The summed E-state index contributed by atoms with van der Waals surface area (Å²) in [7, 11) is -3.68. The van der Waals surface area contributed by atoms with Crippen LogP contribution in [0.1, 0.15) is 46.0 Å². The smallest absolute Gasteiger partial charge is 0.214 e. The van der Waals surface area contributed by atoms with E-state index in [9.17, 15) is 13.7 Å². The van der Waals surface area contributed by atoms with Gasteiger partial charge in [0.25, 0.3) is 0 Å². The number of primary sulfonamides is 1. The Morgan fingerprint density at radius 1 is 1.29 bits per heavy atom. The molecule has 0 radical (unpaired) electrons. The molecule has 0 amide bonds. The predicted molar refractivity (Wildman–Crippen MR) is 120 cm³/mol. The van der Waals surface area contributed by atoms with E-state index in [0.717, 1.165) is 12.8 Å². The fourth-order valence-corrected chi connectivity index (χ4v) is 7.94. The third-order valence-electron chi connectivity index (χ3n) is 7.25. The van der Waals surface area contributed by atoms with Crippen molar-refractivity contribution in [2.45, 2.75) is 62.3 Å². The average molecular weight is 485 g/mol. The molecule has 4 aliphatic rings. The molecule has 2 atom stereocenters. The molecule has 4 saturated carbocycles. The van der Waals surface area contributed by atoms with Crippen LogP contribution in [0.4, 0.5) is 0 Å². The van der Waals surface area contributed by atoms with Crippen LogP contribution in [0.5, 0.6) is 5.75 Å². The Bertz CT molecular complexity index is 1050. The molecule has 4 aliphatic carbocycles. The van der Waals surface area contributed by atoms with Crippen LogP contribution in [-0.2, 0) is 10.0 Å². The molecular formula is C21H26Cl2N4O3S. The normalized spacial score (nSPS) is 31.9. The van der Waals surface area contributed by atoms with Crippen LogP contribution in [0.3, 0.4) is 0 Å². The molecule has 0 heterocycles. The van der Waals surface area contributed by atoms with Gasteiger partial charge in [0, 0.05) is 5.02 Å². The molecule has 3 N–H and O–H groups in total. The molecule has 0 saturated heterocycles. The van der Waals surface area contributed by atoms with E-state index in [1.807, 2.05) is 0 Å². The van der Waals surface area contributed by atoms with E-state index in [1.165, 1.54) is 4.90 Å². The first kappa shape index (κ1) is 22.7. The van der Waals surface area contributed by atoms with Gasteiger partial charge in [0.2, 0.25) is 10.0 Å². The summed E-state index contributed by atoms with van der Waals surface area (Å²) in [6, 6.07) is 4.61. The monoisotopic (exact) mass is 484 g/mol. The summed E-state index contributed by atoms with van der Waals surface area (Å²) in [6.07, 6.45) is 5.40. The SMILES string of the molecule is CC(C)(Oc1ccc(Cl)cc1Cl)C(=N)N(C#N)C1C2CC3CC1CC(S(N)(=O)=O)(C3)C2. The highest BCUT2D eigenvalue weighted by atomic mass is 35.5. The van der Waals surface area contributed by atoms with Crippen LogP contribution in [0.25, 0.3) is 0 Å². The van der Waals surface area contributed by atoms with Gasteiger partial charge in [-0.05, 0) is 81.9 Å². The third-order valence-corrected chi connectivity index (χ3v) is 9.48. The van der Waals surface area contributed by atoms with Crippen LogP contribution >= 0.6 is 23.2 Å². The second-order valence-electron chi connectivity index (χ2n) is 9.69. The van der Waals surface area contributed by atoms with E-state index in [1.54, 1.807) is 32.0 Å². The molecule has 4 fully saturated rings. The van der Waals surface area contributed by atoms with Gasteiger partial charge in [-0.15, -0.1) is 0 Å². The number of nitrogens with two attached hydrogens (primary N) is 1. The number of ether oxygens (including phenoxy) is 1. The number of amidine groups is 1. The first-order valence-electron chi connectivity index (χ1n) is 10.3. The zero-order valence-electron chi connectivity index (χ0n) is 17.4. The standard InChI is InChI=1S/C21H26Cl2N4O3S/c1-20(2,30-17-4-3-15(22)7-16(17)23)19(25)27(11-24)18-13-5-12-6-14(18)10-21(8-12,9-13)31(26,28)29/h3-4,7,12-14,18,25H,5-6,8-10H2,1-2H3,(H2,26,28,29). The van der Waals surface area contributed by atoms with Crippen LogP contribution < -0.4 is 9.88 Å². The van der Waals surface area contributed by atoms with Gasteiger partial charge in [-0.25, -0.2) is 13.6 Å². The van der Waals surface area contributed by atoms with Crippen molar-refractivity contribution in [3.05, 3.63) is 28.2 Å². The number of hydrogen-bond donors (Lipinski definition) is 2. The van der Waals surface area contributed by atoms with Gasteiger partial charge in [-0.3, -0.25) is 10.3 Å². The molecule has 10 heteroatoms. The molecule has 7 nitrogen and oxygen atoms in total. The minimum Gasteiger partial charge on any atom is -0.478 e. The molecule has 168 valence electrons. The zero-order chi connectivity index (χ0) is 22.8. The van der Waals surface area contributed by atoms with E-state index in [0.29, 0.717) is 41.0 Å². The molecule has 31 heavy (non-hydrogen) atoms. The number of nitrogens with one attached hydrogen (secondary N) is 1. The Hall–Kier alpha value is -1.53. The Labute approximate surface area is 193 Å². The minimum atomic E-state index is -3.68. The fourth-order valence-electron chi connectivity index (χ4n) is 6.13. The molecule has 1 aromatic rings. The summed E-state index contributed by atoms with van der Waals surface area (Å²) in [4.78, 5) is 1.42. The number of benzene rings is 1. The molecule has 1 aromatic carbocycles. The van der Waals surface area contributed by atoms with Gasteiger partial charge < -0.3 is 4.74 Å². The molecule has 0 spiro atoms. The topological polar surface area (TPSA) is 120 Å². The lowest BCUT2D eigenvalue weighted by molar-refractivity contribution is -0.0244. The number of nitriles is 1. The van der Waals surface area contributed by atoms with Crippen molar-refractivity contribution in [1.29, 1.82) is 10.7 Å².